The van der Waals surface area contributed by atoms with E-state index in [1.54, 1.807) is 0 Å². The number of unbranched alkanes of at least 4 members (excludes halogenated alkanes) is 20. The average Bonchev–Trinajstić information content (AvgIpc) is 3.46. The number of rotatable bonds is 57. The molecule has 0 aromatic carbocycles. The molecule has 1 atom stereocenters. The fraction of sp³-hybridized carbons (Fsp3) is 0.608. The van der Waals surface area contributed by atoms with Crippen molar-refractivity contribution in [3.8, 4) is 0 Å². The smallest absolute Gasteiger partial charge is 0.306 e. The van der Waals surface area contributed by atoms with Crippen LogP contribution in [0.5, 0.6) is 0 Å². The highest BCUT2D eigenvalue weighted by Crippen LogP contribution is 2.14. The fourth-order valence-electron chi connectivity index (χ4n) is 8.36. The average molecular weight is 1100 g/mol. The van der Waals surface area contributed by atoms with Crippen molar-refractivity contribution >= 4 is 17.9 Å². The molecule has 6 nitrogen and oxygen atoms in total. The Morgan fingerprint density at radius 2 is 0.500 bits per heavy atom. The summed E-state index contributed by atoms with van der Waals surface area (Å²) in [5, 5.41) is 0. The molecule has 0 radical (unpaired) electrons. The highest BCUT2D eigenvalue weighted by atomic mass is 16.6. The number of ether oxygens (including phenoxy) is 3. The van der Waals surface area contributed by atoms with E-state index >= 15 is 0 Å². The molecule has 6 heteroatoms. The molecule has 0 spiro atoms. The molecular formula is C74H118O6. The highest BCUT2D eigenvalue weighted by Gasteiger charge is 2.19. The minimum absolute atomic E-state index is 0.111. The quantitative estimate of drug-likeness (QED) is 0.0261. The van der Waals surface area contributed by atoms with Gasteiger partial charge < -0.3 is 14.2 Å². The van der Waals surface area contributed by atoms with Gasteiger partial charge in [-0.25, -0.2) is 0 Å². The zero-order valence-corrected chi connectivity index (χ0v) is 51.5. The lowest BCUT2D eigenvalue weighted by molar-refractivity contribution is -0.167. The first-order valence-corrected chi connectivity index (χ1v) is 32.5. The zero-order valence-electron chi connectivity index (χ0n) is 51.5. The lowest BCUT2D eigenvalue weighted by Gasteiger charge is -2.18. The van der Waals surface area contributed by atoms with Crippen LogP contribution in [0.4, 0.5) is 0 Å². The van der Waals surface area contributed by atoms with Crippen molar-refractivity contribution in [3.05, 3.63) is 158 Å². The van der Waals surface area contributed by atoms with Gasteiger partial charge in [0.05, 0.1) is 0 Å². The molecule has 0 heterocycles. The van der Waals surface area contributed by atoms with Crippen molar-refractivity contribution in [1.29, 1.82) is 0 Å². The van der Waals surface area contributed by atoms with E-state index in [-0.39, 0.29) is 37.5 Å². The second kappa shape index (κ2) is 66.5. The molecule has 0 aliphatic heterocycles. The van der Waals surface area contributed by atoms with Gasteiger partial charge >= 0.3 is 17.9 Å². The van der Waals surface area contributed by atoms with Crippen molar-refractivity contribution in [1.82, 2.24) is 0 Å². The third-order valence-corrected chi connectivity index (χ3v) is 13.2. The summed E-state index contributed by atoms with van der Waals surface area (Å²) in [6.07, 6.45) is 96.7. The van der Waals surface area contributed by atoms with Crippen LogP contribution < -0.4 is 0 Å². The van der Waals surface area contributed by atoms with E-state index in [0.717, 1.165) is 154 Å². The number of carbonyl (C=O) groups excluding carboxylic acids is 3. The van der Waals surface area contributed by atoms with Gasteiger partial charge in [0.15, 0.2) is 6.10 Å². The standard InChI is InChI=1S/C74H118O6/c1-4-7-10-13-16-19-22-25-28-30-32-34-35-36-37-38-39-41-42-44-46-49-52-55-58-61-64-67-73(76)79-70-71(69-78-72(75)66-63-60-57-54-51-48-27-24-21-18-15-12-9-6-3)80-74(77)68-65-62-59-56-53-50-47-45-43-40-33-31-29-26-23-20-17-14-11-8-5-2/h7,10,15-16,18-19,23-28,31-34,36-37,39,41,43-46,52,55,71H,4-6,8-9,11-14,17,20-22,29-30,35,38,40,42,47-51,53-54,56-70H2,1-3H3/b10-7-,18-15-,19-16-,26-23-,27-24-,28-25-,33-31-,34-32-,37-36-,41-39-,45-43-,46-44-,55-52-. The Kier molecular flexibility index (Phi) is 62.4. The third kappa shape index (κ3) is 63.9. The number of hydrogen-bond donors (Lipinski definition) is 0. The maximum Gasteiger partial charge on any atom is 0.306 e. The van der Waals surface area contributed by atoms with Gasteiger partial charge in [-0.2, -0.15) is 0 Å². The Bertz CT molecular complexity index is 1790. The largest absolute Gasteiger partial charge is 0.462 e. The Balaban J connectivity index is 4.50. The Hall–Kier alpha value is -4.97. The number of hydrogen-bond acceptors (Lipinski definition) is 6. The molecule has 0 saturated carbocycles. The van der Waals surface area contributed by atoms with Gasteiger partial charge in [0.2, 0.25) is 0 Å². The normalized spacial score (nSPS) is 13.2. The maximum atomic E-state index is 12.9. The summed E-state index contributed by atoms with van der Waals surface area (Å²) >= 11 is 0. The first kappa shape index (κ1) is 75.0. The first-order chi connectivity index (χ1) is 39.5. The van der Waals surface area contributed by atoms with E-state index < -0.39 is 6.10 Å². The number of allylic oxidation sites excluding steroid dienone is 26. The summed E-state index contributed by atoms with van der Waals surface area (Å²) < 4.78 is 16.9. The minimum atomic E-state index is -0.819. The van der Waals surface area contributed by atoms with Gasteiger partial charge in [-0.05, 0) is 148 Å². The zero-order chi connectivity index (χ0) is 57.8. The molecule has 0 aromatic rings. The predicted molar refractivity (Wildman–Crippen MR) is 348 cm³/mol. The van der Waals surface area contributed by atoms with E-state index in [1.165, 1.54) is 70.6 Å². The predicted octanol–water partition coefficient (Wildman–Crippen LogP) is 22.5. The van der Waals surface area contributed by atoms with Crippen LogP contribution in [0.25, 0.3) is 0 Å². The first-order valence-electron chi connectivity index (χ1n) is 32.5. The molecule has 0 N–H and O–H groups in total. The van der Waals surface area contributed by atoms with Gasteiger partial charge in [0.1, 0.15) is 13.2 Å². The Morgan fingerprint density at radius 3 is 0.825 bits per heavy atom. The van der Waals surface area contributed by atoms with Gasteiger partial charge in [-0.1, -0.05) is 262 Å². The third-order valence-electron chi connectivity index (χ3n) is 13.2. The topological polar surface area (TPSA) is 78.9 Å². The molecule has 1 unspecified atom stereocenters. The second-order valence-electron chi connectivity index (χ2n) is 20.9. The molecular weight excluding hydrogens is 985 g/mol. The van der Waals surface area contributed by atoms with Crippen LogP contribution in [0.15, 0.2) is 158 Å². The summed E-state index contributed by atoms with van der Waals surface area (Å²) in [6.45, 7) is 6.41. The van der Waals surface area contributed by atoms with Gasteiger partial charge in [-0.3, -0.25) is 14.4 Å². The molecule has 0 rings (SSSR count). The van der Waals surface area contributed by atoms with Crippen molar-refractivity contribution in [2.75, 3.05) is 13.2 Å². The molecule has 80 heavy (non-hydrogen) atoms. The molecule has 450 valence electrons. The van der Waals surface area contributed by atoms with Crippen molar-refractivity contribution in [3.63, 3.8) is 0 Å². The van der Waals surface area contributed by atoms with Crippen molar-refractivity contribution < 1.29 is 28.6 Å². The molecule has 0 bridgehead atoms. The minimum Gasteiger partial charge on any atom is -0.462 e. The van der Waals surface area contributed by atoms with Crippen LogP contribution in [-0.4, -0.2) is 37.2 Å². The molecule has 0 aliphatic carbocycles. The number of esters is 3. The summed E-state index contributed by atoms with van der Waals surface area (Å²) in [4.78, 5) is 38.3. The summed E-state index contributed by atoms with van der Waals surface area (Å²) in [7, 11) is 0. The summed E-state index contributed by atoms with van der Waals surface area (Å²) in [5.41, 5.74) is 0. The van der Waals surface area contributed by atoms with E-state index in [1.807, 2.05) is 0 Å². The summed E-state index contributed by atoms with van der Waals surface area (Å²) in [5.74, 6) is -0.985. The second-order valence-corrected chi connectivity index (χ2v) is 20.9. The number of carbonyl (C=O) groups is 3. The van der Waals surface area contributed by atoms with Crippen LogP contribution >= 0.6 is 0 Å². The fourth-order valence-corrected chi connectivity index (χ4v) is 8.36. The van der Waals surface area contributed by atoms with Gasteiger partial charge in [0.25, 0.3) is 0 Å². The van der Waals surface area contributed by atoms with Crippen LogP contribution in [0, 0.1) is 0 Å². The molecule has 0 saturated heterocycles. The van der Waals surface area contributed by atoms with Crippen LogP contribution in [0.1, 0.15) is 271 Å². The van der Waals surface area contributed by atoms with E-state index in [0.29, 0.717) is 19.3 Å². The Morgan fingerprint density at radius 1 is 0.263 bits per heavy atom. The summed E-state index contributed by atoms with van der Waals surface area (Å²) in [6, 6.07) is 0. The SMILES string of the molecule is CC/C=C\C/C=C\C/C=C\C/C=C\C/C=C\C/C=C\C/C=C\C/C=C\CCCCC(=O)OCC(COC(=O)CCCCCCC/C=C\C/C=C\CCCC)OC(=O)CCCCCCCC/C=C\C/C=C\C/C=C\CCCCCCC. The lowest BCUT2D eigenvalue weighted by Crippen LogP contribution is -2.30. The van der Waals surface area contributed by atoms with Crippen molar-refractivity contribution in [2.24, 2.45) is 0 Å². The van der Waals surface area contributed by atoms with Gasteiger partial charge in [-0.15, -0.1) is 0 Å². The van der Waals surface area contributed by atoms with Crippen molar-refractivity contribution in [2.45, 2.75) is 277 Å². The maximum absolute atomic E-state index is 12.9. The molecule has 0 amide bonds. The molecule has 0 fully saturated rings. The van der Waals surface area contributed by atoms with Crippen LogP contribution in [-0.2, 0) is 28.6 Å². The van der Waals surface area contributed by atoms with Crippen LogP contribution in [0.2, 0.25) is 0 Å². The highest BCUT2D eigenvalue weighted by molar-refractivity contribution is 5.71. The van der Waals surface area contributed by atoms with Crippen LogP contribution in [0.3, 0.4) is 0 Å². The van der Waals surface area contributed by atoms with Gasteiger partial charge in [0, 0.05) is 19.3 Å². The molecule has 0 aromatic heterocycles. The van der Waals surface area contributed by atoms with E-state index in [4.69, 9.17) is 14.2 Å². The molecule has 0 aliphatic rings. The van der Waals surface area contributed by atoms with E-state index in [2.05, 4.69) is 179 Å². The monoisotopic (exact) mass is 1100 g/mol. The van der Waals surface area contributed by atoms with E-state index in [9.17, 15) is 14.4 Å². The Labute approximate surface area is 492 Å². The lowest BCUT2D eigenvalue weighted by atomic mass is 10.1.